The molecule has 6 nitrogen and oxygen atoms in total. The summed E-state index contributed by atoms with van der Waals surface area (Å²) in [6.07, 6.45) is 2.45. The Hall–Kier alpha value is -2.24. The third kappa shape index (κ3) is 6.64. The average Bonchev–Trinajstić information content (AvgIpc) is 2.54. The zero-order valence-electron chi connectivity index (χ0n) is 15.7. The van der Waals surface area contributed by atoms with Gasteiger partial charge in [0.05, 0.1) is 5.69 Å². The Balaban J connectivity index is 2.88. The molecule has 0 aromatic heterocycles. The van der Waals surface area contributed by atoms with Gasteiger partial charge in [-0.1, -0.05) is 32.8 Å². The molecule has 0 aliphatic rings. The third-order valence-electron chi connectivity index (χ3n) is 3.84. The maximum Gasteiger partial charge on any atom is 0.415 e. The topological polar surface area (TPSA) is 70.1 Å². The van der Waals surface area contributed by atoms with Crippen LogP contribution in [0.4, 0.5) is 15.3 Å². The van der Waals surface area contributed by atoms with Crippen molar-refractivity contribution in [3.63, 3.8) is 0 Å². The highest BCUT2D eigenvalue weighted by atomic mass is 16.6. The Labute approximate surface area is 150 Å². The van der Waals surface area contributed by atoms with Crippen molar-refractivity contribution in [2.24, 2.45) is 0 Å². The van der Waals surface area contributed by atoms with Crippen molar-refractivity contribution >= 4 is 17.9 Å². The van der Waals surface area contributed by atoms with Crippen molar-refractivity contribution in [3.8, 4) is 5.75 Å². The summed E-state index contributed by atoms with van der Waals surface area (Å²) >= 11 is 0. The van der Waals surface area contributed by atoms with Gasteiger partial charge in [-0.25, -0.2) is 9.59 Å². The number of carbonyl (C=O) groups excluding carboxylic acids is 1. The molecule has 1 aromatic rings. The smallest absolute Gasteiger partial charge is 0.415 e. The van der Waals surface area contributed by atoms with Gasteiger partial charge in [-0.2, -0.15) is 0 Å². The lowest BCUT2D eigenvalue weighted by molar-refractivity contribution is 0.150. The Kier molecular flexibility index (Phi) is 8.81. The van der Waals surface area contributed by atoms with E-state index in [0.29, 0.717) is 24.5 Å². The highest BCUT2D eigenvalue weighted by Crippen LogP contribution is 2.23. The van der Waals surface area contributed by atoms with Crippen LogP contribution in [0.25, 0.3) is 0 Å². The number of carboxylic acid groups (broad SMARTS) is 1. The van der Waals surface area contributed by atoms with E-state index in [1.54, 1.807) is 43.0 Å². The quantitative estimate of drug-likeness (QED) is 0.682. The second-order valence-corrected chi connectivity index (χ2v) is 6.31. The minimum atomic E-state index is -1.04. The van der Waals surface area contributed by atoms with Crippen molar-refractivity contribution in [3.05, 3.63) is 24.3 Å². The van der Waals surface area contributed by atoms with Crippen LogP contribution in [0.1, 0.15) is 53.4 Å². The lowest BCUT2D eigenvalue weighted by Gasteiger charge is -2.24. The molecule has 0 radical (unpaired) electrons. The summed E-state index contributed by atoms with van der Waals surface area (Å²) in [5.41, 5.74) is 0.487. The second-order valence-electron chi connectivity index (χ2n) is 6.31. The Morgan fingerprint density at radius 2 is 1.72 bits per heavy atom. The van der Waals surface area contributed by atoms with E-state index in [4.69, 9.17) is 4.74 Å². The average molecular weight is 350 g/mol. The molecule has 0 fully saturated rings. The lowest BCUT2D eigenvalue weighted by atomic mass is 10.2. The molecule has 0 unspecified atom stereocenters. The fourth-order valence-corrected chi connectivity index (χ4v) is 2.48. The zero-order valence-corrected chi connectivity index (χ0v) is 15.7. The van der Waals surface area contributed by atoms with Crippen LogP contribution in [0.3, 0.4) is 0 Å². The zero-order chi connectivity index (χ0) is 18.8. The molecule has 1 N–H and O–H groups in total. The fourth-order valence-electron chi connectivity index (χ4n) is 2.48. The molecule has 1 rings (SSSR count). The second kappa shape index (κ2) is 10.6. The van der Waals surface area contributed by atoms with Crippen molar-refractivity contribution in [2.45, 2.75) is 59.4 Å². The number of nitrogens with zero attached hydrogens (tertiary/aromatic N) is 2. The van der Waals surface area contributed by atoms with E-state index in [1.807, 2.05) is 0 Å². The number of amides is 2. The van der Waals surface area contributed by atoms with Crippen LogP contribution in [0.2, 0.25) is 0 Å². The number of rotatable bonds is 9. The number of hydrogen-bond donors (Lipinski definition) is 1. The highest BCUT2D eigenvalue weighted by molar-refractivity contribution is 5.87. The molecule has 0 bridgehead atoms. The van der Waals surface area contributed by atoms with Crippen LogP contribution < -0.4 is 9.64 Å². The van der Waals surface area contributed by atoms with Gasteiger partial charge in [-0.3, -0.25) is 4.90 Å². The SMILES string of the molecule is CCCCN(CCCC)C(=O)Oc1cccc(N(C(=O)O)C(C)C)c1. The first-order valence-corrected chi connectivity index (χ1v) is 8.99. The molecule has 0 spiro atoms. The number of ether oxygens (including phenoxy) is 1. The molecule has 2 amide bonds. The lowest BCUT2D eigenvalue weighted by Crippen LogP contribution is -2.36. The molecule has 140 valence electrons. The maximum atomic E-state index is 12.4. The van der Waals surface area contributed by atoms with Crippen molar-refractivity contribution in [1.82, 2.24) is 4.90 Å². The van der Waals surface area contributed by atoms with Crippen LogP contribution in [-0.2, 0) is 0 Å². The van der Waals surface area contributed by atoms with Gasteiger partial charge in [0.2, 0.25) is 0 Å². The predicted octanol–water partition coefficient (Wildman–Crippen LogP) is 4.98. The van der Waals surface area contributed by atoms with E-state index in [1.165, 1.54) is 4.90 Å². The van der Waals surface area contributed by atoms with Gasteiger partial charge in [0.1, 0.15) is 5.75 Å². The molecule has 25 heavy (non-hydrogen) atoms. The van der Waals surface area contributed by atoms with E-state index in [2.05, 4.69) is 13.8 Å². The summed E-state index contributed by atoms with van der Waals surface area (Å²) in [6.45, 7) is 9.09. The number of hydrogen-bond acceptors (Lipinski definition) is 3. The molecular formula is C19H30N2O4. The van der Waals surface area contributed by atoms with E-state index < -0.39 is 6.09 Å². The van der Waals surface area contributed by atoms with E-state index >= 15 is 0 Å². The highest BCUT2D eigenvalue weighted by Gasteiger charge is 2.20. The molecule has 0 saturated heterocycles. The summed E-state index contributed by atoms with van der Waals surface area (Å²) in [4.78, 5) is 26.8. The number of anilines is 1. The summed E-state index contributed by atoms with van der Waals surface area (Å²) in [7, 11) is 0. The predicted molar refractivity (Wildman–Crippen MR) is 99.5 cm³/mol. The molecule has 0 saturated carbocycles. The van der Waals surface area contributed by atoms with Crippen molar-refractivity contribution in [2.75, 3.05) is 18.0 Å². The number of benzene rings is 1. The van der Waals surface area contributed by atoms with Gasteiger partial charge in [0.15, 0.2) is 0 Å². The molecular weight excluding hydrogens is 320 g/mol. The van der Waals surface area contributed by atoms with Crippen LogP contribution in [-0.4, -0.2) is 41.3 Å². The van der Waals surface area contributed by atoms with E-state index in [9.17, 15) is 14.7 Å². The molecule has 0 aliphatic heterocycles. The summed E-state index contributed by atoms with van der Waals surface area (Å²) in [5, 5.41) is 9.36. The van der Waals surface area contributed by atoms with Crippen LogP contribution in [0, 0.1) is 0 Å². The van der Waals surface area contributed by atoms with Gasteiger partial charge in [0.25, 0.3) is 0 Å². The number of unbranched alkanes of at least 4 members (excludes halogenated alkanes) is 2. The maximum absolute atomic E-state index is 12.4. The Bertz CT molecular complexity index is 552. The third-order valence-corrected chi connectivity index (χ3v) is 3.84. The van der Waals surface area contributed by atoms with Gasteiger partial charge in [0, 0.05) is 25.2 Å². The van der Waals surface area contributed by atoms with Crippen molar-refractivity contribution in [1.29, 1.82) is 0 Å². The molecule has 0 atom stereocenters. The molecule has 0 aliphatic carbocycles. The largest absolute Gasteiger partial charge is 0.465 e. The van der Waals surface area contributed by atoms with Gasteiger partial charge < -0.3 is 14.7 Å². The standard InChI is InChI=1S/C19H30N2O4/c1-5-7-12-20(13-8-6-2)19(24)25-17-11-9-10-16(14-17)21(15(3)4)18(22)23/h9-11,14-15H,5-8,12-13H2,1-4H3,(H,22,23). The Morgan fingerprint density at radius 1 is 1.12 bits per heavy atom. The normalized spacial score (nSPS) is 10.6. The van der Waals surface area contributed by atoms with Gasteiger partial charge in [-0.05, 0) is 38.8 Å². The van der Waals surface area contributed by atoms with Gasteiger partial charge >= 0.3 is 12.2 Å². The fraction of sp³-hybridized carbons (Fsp3) is 0.579. The van der Waals surface area contributed by atoms with E-state index in [0.717, 1.165) is 25.7 Å². The molecule has 6 heteroatoms. The Morgan fingerprint density at radius 3 is 2.20 bits per heavy atom. The summed E-state index contributed by atoms with van der Waals surface area (Å²) < 4.78 is 5.49. The van der Waals surface area contributed by atoms with Crippen LogP contribution >= 0.6 is 0 Å². The summed E-state index contributed by atoms with van der Waals surface area (Å²) in [5.74, 6) is 0.354. The minimum absolute atomic E-state index is 0.214. The van der Waals surface area contributed by atoms with E-state index in [-0.39, 0.29) is 12.1 Å². The molecule has 1 aromatic carbocycles. The minimum Gasteiger partial charge on any atom is -0.465 e. The first-order valence-electron chi connectivity index (χ1n) is 8.99. The van der Waals surface area contributed by atoms with Crippen LogP contribution in [0.15, 0.2) is 24.3 Å². The molecule has 0 heterocycles. The number of carbonyl (C=O) groups is 2. The summed E-state index contributed by atoms with van der Waals surface area (Å²) in [6, 6.07) is 6.42. The van der Waals surface area contributed by atoms with Gasteiger partial charge in [-0.15, -0.1) is 0 Å². The first-order chi connectivity index (χ1) is 11.9. The van der Waals surface area contributed by atoms with Crippen molar-refractivity contribution < 1.29 is 19.4 Å². The monoisotopic (exact) mass is 350 g/mol. The van der Waals surface area contributed by atoms with Crippen LogP contribution in [0.5, 0.6) is 5.75 Å². The first kappa shape index (κ1) is 20.8.